The summed E-state index contributed by atoms with van der Waals surface area (Å²) in [4.78, 5) is 11.9. The average molecular weight is 250 g/mol. The number of rotatable bonds is 5. The smallest absolute Gasteiger partial charge is 0.350 e. The predicted molar refractivity (Wildman–Crippen MR) is 68.6 cm³/mol. The third-order valence-corrected chi connectivity index (χ3v) is 2.63. The van der Waals surface area contributed by atoms with Gasteiger partial charge < -0.3 is 10.4 Å². The molecule has 0 spiro atoms. The van der Waals surface area contributed by atoms with Crippen molar-refractivity contribution in [1.29, 1.82) is 0 Å². The van der Waals surface area contributed by atoms with Gasteiger partial charge in [0.15, 0.2) is 5.65 Å². The Morgan fingerprint density at radius 1 is 1.44 bits per heavy atom. The highest BCUT2D eigenvalue weighted by Gasteiger charge is 2.11. The normalized spacial score (nSPS) is 13.3. The van der Waals surface area contributed by atoms with E-state index in [1.54, 1.807) is 18.3 Å². The number of nitrogens with zero attached hydrogens (tertiary/aromatic N) is 3. The van der Waals surface area contributed by atoms with Crippen LogP contribution in [0.5, 0.6) is 0 Å². The van der Waals surface area contributed by atoms with E-state index in [0.29, 0.717) is 18.2 Å². The summed E-state index contributed by atoms with van der Waals surface area (Å²) in [5.41, 5.74) is 0.362. The number of pyridine rings is 1. The maximum atomic E-state index is 11.9. The van der Waals surface area contributed by atoms with E-state index in [4.69, 9.17) is 0 Å². The molecule has 0 aromatic carbocycles. The lowest BCUT2D eigenvalue weighted by atomic mass is 10.3. The molecule has 2 heterocycles. The van der Waals surface area contributed by atoms with E-state index < -0.39 is 6.10 Å². The van der Waals surface area contributed by atoms with Crippen LogP contribution in [0.4, 0.5) is 0 Å². The lowest BCUT2D eigenvalue weighted by Crippen LogP contribution is -2.36. The van der Waals surface area contributed by atoms with Crippen molar-refractivity contribution < 1.29 is 5.11 Å². The molecule has 2 rings (SSSR count). The number of aliphatic hydroxyl groups is 1. The molecule has 0 aliphatic rings. The van der Waals surface area contributed by atoms with Crippen molar-refractivity contribution in [1.82, 2.24) is 19.5 Å². The molecule has 18 heavy (non-hydrogen) atoms. The molecule has 0 saturated carbocycles. The van der Waals surface area contributed by atoms with E-state index in [0.717, 1.165) is 0 Å². The number of aromatic nitrogens is 3. The SMILES string of the molecule is CC(C)NCC(O)Cn1nc2ccccn2c1=O. The van der Waals surface area contributed by atoms with Crippen LogP contribution >= 0.6 is 0 Å². The molecule has 0 radical (unpaired) electrons. The van der Waals surface area contributed by atoms with Crippen LogP contribution in [0.3, 0.4) is 0 Å². The lowest BCUT2D eigenvalue weighted by molar-refractivity contribution is 0.143. The number of aliphatic hydroxyl groups excluding tert-OH is 1. The molecule has 6 nitrogen and oxygen atoms in total. The van der Waals surface area contributed by atoms with Gasteiger partial charge in [-0.05, 0) is 12.1 Å². The van der Waals surface area contributed by atoms with Crippen molar-refractivity contribution >= 4 is 5.65 Å². The van der Waals surface area contributed by atoms with Gasteiger partial charge in [0.25, 0.3) is 0 Å². The summed E-state index contributed by atoms with van der Waals surface area (Å²) < 4.78 is 2.75. The minimum atomic E-state index is -0.630. The Bertz CT molecular complexity index is 573. The van der Waals surface area contributed by atoms with Crippen molar-refractivity contribution in [2.24, 2.45) is 0 Å². The van der Waals surface area contributed by atoms with E-state index >= 15 is 0 Å². The highest BCUT2D eigenvalue weighted by Crippen LogP contribution is 1.96. The number of hydrogen-bond acceptors (Lipinski definition) is 4. The number of nitrogens with one attached hydrogen (secondary N) is 1. The Labute approximate surface area is 105 Å². The van der Waals surface area contributed by atoms with E-state index in [2.05, 4.69) is 10.4 Å². The molecule has 0 aliphatic carbocycles. The summed E-state index contributed by atoms with van der Waals surface area (Å²) in [7, 11) is 0. The molecular weight excluding hydrogens is 232 g/mol. The molecular formula is C12H18N4O2. The van der Waals surface area contributed by atoms with Gasteiger partial charge in [0.1, 0.15) is 0 Å². The fourth-order valence-corrected chi connectivity index (χ4v) is 1.72. The first kappa shape index (κ1) is 12.8. The molecule has 6 heteroatoms. The van der Waals surface area contributed by atoms with Gasteiger partial charge in [-0.1, -0.05) is 19.9 Å². The number of fused-ring (bicyclic) bond motifs is 1. The molecule has 0 amide bonds. The zero-order valence-electron chi connectivity index (χ0n) is 10.6. The van der Waals surface area contributed by atoms with Crippen molar-refractivity contribution in [3.05, 3.63) is 34.9 Å². The van der Waals surface area contributed by atoms with Gasteiger partial charge in [-0.3, -0.25) is 4.40 Å². The van der Waals surface area contributed by atoms with Crippen molar-refractivity contribution in [3.63, 3.8) is 0 Å². The van der Waals surface area contributed by atoms with Crippen LogP contribution in [0.15, 0.2) is 29.2 Å². The Kier molecular flexibility index (Phi) is 3.78. The van der Waals surface area contributed by atoms with Gasteiger partial charge in [-0.15, -0.1) is 5.10 Å². The highest BCUT2D eigenvalue weighted by molar-refractivity contribution is 5.35. The van der Waals surface area contributed by atoms with E-state index in [1.807, 2.05) is 19.9 Å². The Morgan fingerprint density at radius 3 is 2.89 bits per heavy atom. The molecule has 0 bridgehead atoms. The number of hydrogen-bond donors (Lipinski definition) is 2. The average Bonchev–Trinajstić information content (AvgIpc) is 2.65. The van der Waals surface area contributed by atoms with Gasteiger partial charge in [-0.25, -0.2) is 9.48 Å². The third-order valence-electron chi connectivity index (χ3n) is 2.63. The molecule has 2 aromatic heterocycles. The summed E-state index contributed by atoms with van der Waals surface area (Å²) in [6, 6.07) is 5.66. The van der Waals surface area contributed by atoms with E-state index in [9.17, 15) is 9.90 Å². The fraction of sp³-hybridized carbons (Fsp3) is 0.500. The minimum absolute atomic E-state index is 0.195. The van der Waals surface area contributed by atoms with Crippen LogP contribution in [-0.4, -0.2) is 38.0 Å². The van der Waals surface area contributed by atoms with Crippen molar-refractivity contribution in [3.8, 4) is 0 Å². The van der Waals surface area contributed by atoms with Crippen LogP contribution in [0, 0.1) is 0 Å². The zero-order chi connectivity index (χ0) is 13.1. The molecule has 0 fully saturated rings. The topological polar surface area (TPSA) is 71.6 Å². The van der Waals surface area contributed by atoms with Crippen LogP contribution in [0.25, 0.3) is 5.65 Å². The first-order valence-electron chi connectivity index (χ1n) is 6.03. The molecule has 0 aliphatic heterocycles. The van der Waals surface area contributed by atoms with Crippen LogP contribution in [0.1, 0.15) is 13.8 Å². The second-order valence-corrected chi connectivity index (χ2v) is 4.61. The standard InChI is InChI=1S/C12H18N4O2/c1-9(2)13-7-10(17)8-16-12(18)15-6-4-3-5-11(15)14-16/h3-6,9-10,13,17H,7-8H2,1-2H3. The van der Waals surface area contributed by atoms with Crippen molar-refractivity contribution in [2.75, 3.05) is 6.54 Å². The monoisotopic (exact) mass is 250 g/mol. The van der Waals surface area contributed by atoms with Crippen LogP contribution in [0.2, 0.25) is 0 Å². The quantitative estimate of drug-likeness (QED) is 0.774. The predicted octanol–water partition coefficient (Wildman–Crippen LogP) is -0.145. The maximum Gasteiger partial charge on any atom is 0.350 e. The molecule has 2 N–H and O–H groups in total. The van der Waals surface area contributed by atoms with Gasteiger partial charge in [0.05, 0.1) is 12.6 Å². The molecule has 1 unspecified atom stereocenters. The first-order valence-corrected chi connectivity index (χ1v) is 6.03. The second-order valence-electron chi connectivity index (χ2n) is 4.61. The Balaban J connectivity index is 2.12. The van der Waals surface area contributed by atoms with Gasteiger partial charge >= 0.3 is 5.69 Å². The summed E-state index contributed by atoms with van der Waals surface area (Å²) in [5, 5.41) is 17.1. The zero-order valence-corrected chi connectivity index (χ0v) is 10.6. The van der Waals surface area contributed by atoms with Crippen LogP contribution < -0.4 is 11.0 Å². The molecule has 98 valence electrons. The van der Waals surface area contributed by atoms with E-state index in [1.165, 1.54) is 9.08 Å². The summed E-state index contributed by atoms with van der Waals surface area (Å²) in [6.07, 6.45) is 1.04. The first-order chi connectivity index (χ1) is 8.58. The molecule has 0 saturated heterocycles. The summed E-state index contributed by atoms with van der Waals surface area (Å²) in [6.45, 7) is 4.64. The summed E-state index contributed by atoms with van der Waals surface area (Å²) >= 11 is 0. The molecule has 2 aromatic rings. The minimum Gasteiger partial charge on any atom is -0.390 e. The van der Waals surface area contributed by atoms with Gasteiger partial charge in [0, 0.05) is 18.8 Å². The Hall–Kier alpha value is -1.66. The van der Waals surface area contributed by atoms with Crippen molar-refractivity contribution in [2.45, 2.75) is 32.5 Å². The fourth-order valence-electron chi connectivity index (χ4n) is 1.72. The largest absolute Gasteiger partial charge is 0.390 e. The molecule has 1 atom stereocenters. The lowest BCUT2D eigenvalue weighted by Gasteiger charge is -2.13. The van der Waals surface area contributed by atoms with Gasteiger partial charge in [-0.2, -0.15) is 0 Å². The maximum absolute atomic E-state index is 11.9. The highest BCUT2D eigenvalue weighted by atomic mass is 16.3. The third kappa shape index (κ3) is 2.77. The Morgan fingerprint density at radius 2 is 2.22 bits per heavy atom. The second kappa shape index (κ2) is 5.32. The van der Waals surface area contributed by atoms with E-state index in [-0.39, 0.29) is 12.2 Å². The summed E-state index contributed by atoms with van der Waals surface area (Å²) in [5.74, 6) is 0. The van der Waals surface area contributed by atoms with Gasteiger partial charge in [0.2, 0.25) is 0 Å². The van der Waals surface area contributed by atoms with Crippen LogP contribution in [-0.2, 0) is 6.54 Å².